The molecule has 0 saturated carbocycles. The molecule has 0 atom stereocenters. The van der Waals surface area contributed by atoms with Crippen molar-refractivity contribution in [1.29, 1.82) is 0 Å². The number of amides is 1. The number of carboxylic acid groups (broad SMARTS) is 1. The summed E-state index contributed by atoms with van der Waals surface area (Å²) in [7, 11) is 1.27. The lowest BCUT2D eigenvalue weighted by Gasteiger charge is -2.14. The SMILES string of the molecule is COc1ccc(CNC(=O)CCCCC(=O)O)c(C(F)(F)F)c1. The van der Waals surface area contributed by atoms with Crippen LogP contribution in [-0.2, 0) is 22.3 Å². The largest absolute Gasteiger partial charge is 0.497 e. The summed E-state index contributed by atoms with van der Waals surface area (Å²) in [6.45, 7) is -0.253. The fraction of sp³-hybridized carbons (Fsp3) is 0.467. The van der Waals surface area contributed by atoms with Gasteiger partial charge in [-0.05, 0) is 30.5 Å². The summed E-state index contributed by atoms with van der Waals surface area (Å²) in [5.41, 5.74) is -0.916. The minimum atomic E-state index is -4.55. The van der Waals surface area contributed by atoms with Gasteiger partial charge in [-0.25, -0.2) is 0 Å². The molecule has 0 fully saturated rings. The molecule has 1 rings (SSSR count). The highest BCUT2D eigenvalue weighted by Crippen LogP contribution is 2.34. The molecule has 2 N–H and O–H groups in total. The van der Waals surface area contributed by atoms with Crippen LogP contribution in [0.1, 0.15) is 36.8 Å². The molecule has 0 spiro atoms. The third kappa shape index (κ3) is 6.58. The first-order valence-electron chi connectivity index (χ1n) is 6.96. The molecule has 8 heteroatoms. The Morgan fingerprint density at radius 2 is 1.87 bits per heavy atom. The van der Waals surface area contributed by atoms with Crippen molar-refractivity contribution in [3.63, 3.8) is 0 Å². The molecule has 0 radical (unpaired) electrons. The van der Waals surface area contributed by atoms with Crippen molar-refractivity contribution in [2.24, 2.45) is 0 Å². The number of carboxylic acids is 1. The maximum absolute atomic E-state index is 13.0. The molecular weight excluding hydrogens is 315 g/mol. The number of carbonyl (C=O) groups is 2. The normalized spacial score (nSPS) is 11.1. The van der Waals surface area contributed by atoms with Crippen LogP contribution in [0.25, 0.3) is 0 Å². The topological polar surface area (TPSA) is 75.6 Å². The van der Waals surface area contributed by atoms with Crippen LogP contribution in [0.5, 0.6) is 5.75 Å². The Balaban J connectivity index is 2.60. The first-order chi connectivity index (χ1) is 10.7. The molecule has 0 aliphatic heterocycles. The highest BCUT2D eigenvalue weighted by molar-refractivity contribution is 5.76. The highest BCUT2D eigenvalue weighted by atomic mass is 19.4. The van der Waals surface area contributed by atoms with Gasteiger partial charge in [0.2, 0.25) is 5.91 Å². The molecule has 0 heterocycles. The van der Waals surface area contributed by atoms with E-state index < -0.39 is 23.6 Å². The van der Waals surface area contributed by atoms with Crippen molar-refractivity contribution in [2.45, 2.75) is 38.4 Å². The van der Waals surface area contributed by atoms with Crippen molar-refractivity contribution in [1.82, 2.24) is 5.32 Å². The third-order valence-electron chi connectivity index (χ3n) is 3.14. The van der Waals surface area contributed by atoms with Crippen molar-refractivity contribution >= 4 is 11.9 Å². The number of carbonyl (C=O) groups excluding carboxylic acids is 1. The second-order valence-corrected chi connectivity index (χ2v) is 4.90. The van der Waals surface area contributed by atoms with Crippen molar-refractivity contribution in [2.75, 3.05) is 7.11 Å². The number of halogens is 3. The lowest BCUT2D eigenvalue weighted by molar-refractivity contribution is -0.138. The van der Waals surface area contributed by atoms with Crippen molar-refractivity contribution in [3.05, 3.63) is 29.3 Å². The molecule has 1 amide bonds. The monoisotopic (exact) mass is 333 g/mol. The number of hydrogen-bond acceptors (Lipinski definition) is 3. The number of aliphatic carboxylic acids is 1. The van der Waals surface area contributed by atoms with Gasteiger partial charge < -0.3 is 15.2 Å². The lowest BCUT2D eigenvalue weighted by Crippen LogP contribution is -2.24. The molecule has 0 aromatic heterocycles. The summed E-state index contributed by atoms with van der Waals surface area (Å²) in [4.78, 5) is 21.9. The molecule has 0 unspecified atom stereocenters. The number of alkyl halides is 3. The molecular formula is C15H18F3NO4. The van der Waals surface area contributed by atoms with Crippen LogP contribution in [0.15, 0.2) is 18.2 Å². The predicted octanol–water partition coefficient (Wildman–Crippen LogP) is 2.98. The van der Waals surface area contributed by atoms with E-state index in [2.05, 4.69) is 5.32 Å². The third-order valence-corrected chi connectivity index (χ3v) is 3.14. The van der Waals surface area contributed by atoms with Gasteiger partial charge in [0.1, 0.15) is 5.75 Å². The number of benzene rings is 1. The molecule has 23 heavy (non-hydrogen) atoms. The molecule has 0 aliphatic rings. The Morgan fingerprint density at radius 1 is 1.22 bits per heavy atom. The Labute approximate surface area is 131 Å². The summed E-state index contributed by atoms with van der Waals surface area (Å²) in [5, 5.41) is 10.9. The molecule has 0 bridgehead atoms. The van der Waals surface area contributed by atoms with Gasteiger partial charge in [-0.1, -0.05) is 6.07 Å². The molecule has 5 nitrogen and oxygen atoms in total. The second kappa shape index (κ2) is 8.40. The first-order valence-corrected chi connectivity index (χ1v) is 6.96. The van der Waals surface area contributed by atoms with Gasteiger partial charge in [0, 0.05) is 19.4 Å². The van der Waals surface area contributed by atoms with E-state index in [9.17, 15) is 22.8 Å². The number of nitrogens with one attached hydrogen (secondary N) is 1. The minimum Gasteiger partial charge on any atom is -0.497 e. The van der Waals surface area contributed by atoms with Gasteiger partial charge in [0.25, 0.3) is 0 Å². The standard InChI is InChI=1S/C15H18F3NO4/c1-23-11-7-6-10(12(8-11)15(16,17)18)9-19-13(20)4-2-3-5-14(21)22/h6-8H,2-5,9H2,1H3,(H,19,20)(H,21,22). The molecule has 1 aromatic rings. The number of methoxy groups -OCH3 is 1. The summed E-state index contributed by atoms with van der Waals surface area (Å²) in [6.07, 6.45) is -3.79. The van der Waals surface area contributed by atoms with Gasteiger partial charge in [-0.3, -0.25) is 9.59 Å². The Bertz CT molecular complexity index is 558. The number of rotatable bonds is 8. The van der Waals surface area contributed by atoms with Crippen LogP contribution in [-0.4, -0.2) is 24.1 Å². The van der Waals surface area contributed by atoms with Crippen molar-refractivity contribution in [3.8, 4) is 5.75 Å². The molecule has 128 valence electrons. The summed E-state index contributed by atoms with van der Waals surface area (Å²) < 4.78 is 43.7. The van der Waals surface area contributed by atoms with Crippen LogP contribution in [0, 0.1) is 0 Å². The molecule has 1 aromatic carbocycles. The summed E-state index contributed by atoms with van der Waals surface area (Å²) in [6, 6.07) is 3.53. The average Bonchev–Trinajstić information content (AvgIpc) is 2.48. The fourth-order valence-corrected chi connectivity index (χ4v) is 1.94. The molecule has 0 saturated heterocycles. The van der Waals surface area contributed by atoms with E-state index in [4.69, 9.17) is 9.84 Å². The van der Waals surface area contributed by atoms with Crippen LogP contribution >= 0.6 is 0 Å². The quantitative estimate of drug-likeness (QED) is 0.717. The summed E-state index contributed by atoms with van der Waals surface area (Å²) in [5.74, 6) is -1.28. The average molecular weight is 333 g/mol. The first kappa shape index (κ1) is 18.8. The van der Waals surface area contributed by atoms with Gasteiger partial charge in [-0.15, -0.1) is 0 Å². The van der Waals surface area contributed by atoms with Gasteiger partial charge in [0.15, 0.2) is 0 Å². The lowest BCUT2D eigenvalue weighted by atomic mass is 10.1. The zero-order chi connectivity index (χ0) is 17.5. The van der Waals surface area contributed by atoms with E-state index in [1.54, 1.807) is 0 Å². The van der Waals surface area contributed by atoms with E-state index in [0.29, 0.717) is 12.8 Å². The Hall–Kier alpha value is -2.25. The molecule has 0 aliphatic carbocycles. The van der Waals surface area contributed by atoms with E-state index in [1.807, 2.05) is 0 Å². The van der Waals surface area contributed by atoms with Gasteiger partial charge in [0.05, 0.1) is 12.7 Å². The van der Waals surface area contributed by atoms with Crippen LogP contribution in [0.4, 0.5) is 13.2 Å². The smallest absolute Gasteiger partial charge is 0.416 e. The highest BCUT2D eigenvalue weighted by Gasteiger charge is 2.33. The van der Waals surface area contributed by atoms with Gasteiger partial charge >= 0.3 is 12.1 Å². The minimum absolute atomic E-state index is 0.0377. The predicted molar refractivity (Wildman–Crippen MR) is 75.9 cm³/mol. The van der Waals surface area contributed by atoms with Crippen LogP contribution in [0.3, 0.4) is 0 Å². The maximum Gasteiger partial charge on any atom is 0.416 e. The van der Waals surface area contributed by atoms with Gasteiger partial charge in [-0.2, -0.15) is 13.2 Å². The number of unbranched alkanes of at least 4 members (excludes halogenated alkanes) is 1. The van der Waals surface area contributed by atoms with Crippen LogP contribution in [0.2, 0.25) is 0 Å². The zero-order valence-electron chi connectivity index (χ0n) is 12.6. The second-order valence-electron chi connectivity index (χ2n) is 4.90. The number of ether oxygens (including phenoxy) is 1. The van der Waals surface area contributed by atoms with Crippen LogP contribution < -0.4 is 10.1 Å². The van der Waals surface area contributed by atoms with E-state index >= 15 is 0 Å². The Kier molecular flexibility index (Phi) is 6.87. The zero-order valence-corrected chi connectivity index (χ0v) is 12.6. The maximum atomic E-state index is 13.0. The fourth-order valence-electron chi connectivity index (χ4n) is 1.94. The number of hydrogen-bond donors (Lipinski definition) is 2. The summed E-state index contributed by atoms with van der Waals surface area (Å²) >= 11 is 0. The van der Waals surface area contributed by atoms with E-state index in [1.165, 1.54) is 19.2 Å². The Morgan fingerprint density at radius 3 is 2.43 bits per heavy atom. The van der Waals surface area contributed by atoms with E-state index in [0.717, 1.165) is 6.07 Å². The van der Waals surface area contributed by atoms with Crippen molar-refractivity contribution < 1.29 is 32.6 Å². The van der Waals surface area contributed by atoms with E-state index in [-0.39, 0.29) is 30.7 Å².